The van der Waals surface area contributed by atoms with Crippen LogP contribution in [0.1, 0.15) is 49.5 Å². The fourth-order valence-corrected chi connectivity index (χ4v) is 4.30. The normalized spacial score (nSPS) is 11.2. The van der Waals surface area contributed by atoms with Crippen LogP contribution in [-0.2, 0) is 17.8 Å². The van der Waals surface area contributed by atoms with E-state index < -0.39 is 0 Å². The molecule has 182 valence electrons. The molecule has 0 unspecified atom stereocenters. The lowest BCUT2D eigenvalue weighted by Gasteiger charge is -2.27. The van der Waals surface area contributed by atoms with Crippen molar-refractivity contribution < 1.29 is 14.0 Å². The molecule has 2 amide bonds. The maximum atomic E-state index is 13.5. The minimum atomic E-state index is -0.191. The number of benzene rings is 2. The molecule has 7 nitrogen and oxygen atoms in total. The lowest BCUT2D eigenvalue weighted by atomic mass is 10.2. The second kappa shape index (κ2) is 11.5. The summed E-state index contributed by atoms with van der Waals surface area (Å²) in [5.41, 5.74) is 2.77. The van der Waals surface area contributed by atoms with Gasteiger partial charge in [-0.2, -0.15) is 0 Å². The van der Waals surface area contributed by atoms with Crippen molar-refractivity contribution in [3.63, 3.8) is 0 Å². The molecule has 0 saturated heterocycles. The number of para-hydroxylation sites is 3. The van der Waals surface area contributed by atoms with Crippen molar-refractivity contribution in [2.24, 2.45) is 0 Å². The third kappa shape index (κ3) is 5.98. The quantitative estimate of drug-likeness (QED) is 0.304. The highest BCUT2D eigenvalue weighted by Gasteiger charge is 2.21. The van der Waals surface area contributed by atoms with Gasteiger partial charge in [-0.3, -0.25) is 9.59 Å². The molecule has 0 atom stereocenters. The van der Waals surface area contributed by atoms with Crippen molar-refractivity contribution >= 4 is 28.5 Å². The molecule has 0 aliphatic rings. The number of hydrogen-bond acceptors (Lipinski definition) is 4. The molecule has 0 aliphatic carbocycles. The summed E-state index contributed by atoms with van der Waals surface area (Å²) in [7, 11) is 0. The molecule has 1 N–H and O–H groups in total. The number of nitrogens with zero attached hydrogens (tertiary/aromatic N) is 3. The minimum Gasteiger partial charge on any atom is -0.459 e. The summed E-state index contributed by atoms with van der Waals surface area (Å²) in [6.45, 7) is 4.89. The molecule has 2 heterocycles. The lowest BCUT2D eigenvalue weighted by molar-refractivity contribution is -0.119. The second-order valence-electron chi connectivity index (χ2n) is 8.84. The van der Waals surface area contributed by atoms with Crippen molar-refractivity contribution in [1.82, 2.24) is 14.9 Å². The van der Waals surface area contributed by atoms with Crippen LogP contribution in [0.3, 0.4) is 0 Å². The standard InChI is InChI=1S/C28H32N4O3/c1-21(2)32(22-12-5-3-6-13-22)27(33)20-31-24-15-9-8-14-23(24)30-26(31)17-7-4-10-18-29-28(34)25-16-11-19-35-25/h3,5-6,8-9,11-16,19,21H,4,7,10,17-18,20H2,1-2H3,(H,29,34). The smallest absolute Gasteiger partial charge is 0.286 e. The monoisotopic (exact) mass is 472 g/mol. The number of aromatic nitrogens is 2. The van der Waals surface area contributed by atoms with E-state index in [0.29, 0.717) is 12.3 Å². The molecule has 0 fully saturated rings. The Morgan fingerprint density at radius 1 is 0.971 bits per heavy atom. The van der Waals surface area contributed by atoms with Crippen molar-refractivity contribution in [1.29, 1.82) is 0 Å². The Hall–Kier alpha value is -3.87. The summed E-state index contributed by atoms with van der Waals surface area (Å²) in [4.78, 5) is 32.1. The summed E-state index contributed by atoms with van der Waals surface area (Å²) in [6.07, 6.45) is 4.98. The lowest BCUT2D eigenvalue weighted by Crippen LogP contribution is -2.39. The van der Waals surface area contributed by atoms with Crippen LogP contribution in [0.4, 0.5) is 5.69 Å². The molecule has 0 spiro atoms. The summed E-state index contributed by atoms with van der Waals surface area (Å²) >= 11 is 0. The van der Waals surface area contributed by atoms with Gasteiger partial charge in [-0.25, -0.2) is 4.98 Å². The first-order valence-corrected chi connectivity index (χ1v) is 12.2. The zero-order valence-corrected chi connectivity index (χ0v) is 20.3. The van der Waals surface area contributed by atoms with E-state index in [2.05, 4.69) is 9.88 Å². The third-order valence-corrected chi connectivity index (χ3v) is 5.95. The molecular formula is C28H32N4O3. The number of fused-ring (bicyclic) bond motifs is 1. The van der Waals surface area contributed by atoms with Crippen molar-refractivity contribution in [3.8, 4) is 0 Å². The summed E-state index contributed by atoms with van der Waals surface area (Å²) in [5.74, 6) is 1.09. The van der Waals surface area contributed by atoms with E-state index in [4.69, 9.17) is 9.40 Å². The fourth-order valence-electron chi connectivity index (χ4n) is 4.30. The summed E-state index contributed by atoms with van der Waals surface area (Å²) in [5, 5.41) is 2.88. The number of hydrogen-bond donors (Lipinski definition) is 1. The molecule has 0 aliphatic heterocycles. The zero-order valence-electron chi connectivity index (χ0n) is 20.3. The Bertz CT molecular complexity index is 1250. The Morgan fingerprint density at radius 3 is 2.49 bits per heavy atom. The number of anilines is 1. The van der Waals surface area contributed by atoms with Gasteiger partial charge >= 0.3 is 0 Å². The van der Waals surface area contributed by atoms with Gasteiger partial charge in [0.15, 0.2) is 5.76 Å². The first kappa shape index (κ1) is 24.3. The second-order valence-corrected chi connectivity index (χ2v) is 8.84. The predicted molar refractivity (Wildman–Crippen MR) is 137 cm³/mol. The zero-order chi connectivity index (χ0) is 24.6. The molecule has 0 radical (unpaired) electrons. The number of carbonyl (C=O) groups is 2. The summed E-state index contributed by atoms with van der Waals surface area (Å²) in [6, 6.07) is 21.1. The van der Waals surface area contributed by atoms with Crippen LogP contribution >= 0.6 is 0 Å². The van der Waals surface area contributed by atoms with Crippen molar-refractivity contribution in [2.45, 2.75) is 52.1 Å². The number of nitrogens with one attached hydrogen (secondary N) is 1. The van der Waals surface area contributed by atoms with Crippen molar-refractivity contribution in [2.75, 3.05) is 11.4 Å². The van der Waals surface area contributed by atoms with Crippen LogP contribution < -0.4 is 10.2 Å². The van der Waals surface area contributed by atoms with Gasteiger partial charge < -0.3 is 19.2 Å². The molecule has 4 aromatic rings. The van der Waals surface area contributed by atoms with E-state index in [-0.39, 0.29) is 24.4 Å². The van der Waals surface area contributed by atoms with Gasteiger partial charge in [0.2, 0.25) is 5.91 Å². The van der Waals surface area contributed by atoms with E-state index in [1.165, 1.54) is 6.26 Å². The Balaban J connectivity index is 1.39. The molecule has 0 bridgehead atoms. The van der Waals surface area contributed by atoms with Gasteiger partial charge in [-0.05, 0) is 63.1 Å². The number of amides is 2. The van der Waals surface area contributed by atoms with E-state index in [1.54, 1.807) is 12.1 Å². The number of furan rings is 1. The summed E-state index contributed by atoms with van der Waals surface area (Å²) < 4.78 is 7.16. The maximum absolute atomic E-state index is 13.5. The van der Waals surface area contributed by atoms with Gasteiger partial charge in [-0.1, -0.05) is 36.8 Å². The average molecular weight is 473 g/mol. The molecule has 4 rings (SSSR count). The molecular weight excluding hydrogens is 440 g/mol. The fraction of sp³-hybridized carbons (Fsp3) is 0.321. The van der Waals surface area contributed by atoms with E-state index >= 15 is 0 Å². The number of rotatable bonds is 11. The molecule has 2 aromatic heterocycles. The van der Waals surface area contributed by atoms with Crippen molar-refractivity contribution in [3.05, 3.63) is 84.6 Å². The number of carbonyl (C=O) groups excluding carboxylic acids is 2. The molecule has 0 saturated carbocycles. The third-order valence-electron chi connectivity index (χ3n) is 5.95. The highest BCUT2D eigenvalue weighted by molar-refractivity contribution is 5.94. The number of imidazole rings is 1. The van der Waals surface area contributed by atoms with Crippen LogP contribution in [0.5, 0.6) is 0 Å². The van der Waals surface area contributed by atoms with E-state index in [9.17, 15) is 9.59 Å². The van der Waals surface area contributed by atoms with Gasteiger partial charge in [0, 0.05) is 24.7 Å². The van der Waals surface area contributed by atoms with Crippen LogP contribution in [0.2, 0.25) is 0 Å². The first-order valence-electron chi connectivity index (χ1n) is 12.2. The molecule has 7 heteroatoms. The SMILES string of the molecule is CC(C)N(C(=O)Cn1c(CCCCCNC(=O)c2ccco2)nc2ccccc21)c1ccccc1. The Labute approximate surface area is 205 Å². The van der Waals surface area contributed by atoms with Crippen LogP contribution in [0, 0.1) is 0 Å². The molecule has 2 aromatic carbocycles. The van der Waals surface area contributed by atoms with Crippen LogP contribution in [0.15, 0.2) is 77.4 Å². The van der Waals surface area contributed by atoms with E-state index in [0.717, 1.165) is 48.2 Å². The van der Waals surface area contributed by atoms with Gasteiger partial charge in [-0.15, -0.1) is 0 Å². The van der Waals surface area contributed by atoms with Gasteiger partial charge in [0.1, 0.15) is 12.4 Å². The Kier molecular flexibility index (Phi) is 7.98. The van der Waals surface area contributed by atoms with Crippen LogP contribution in [0.25, 0.3) is 11.0 Å². The first-order chi connectivity index (χ1) is 17.0. The van der Waals surface area contributed by atoms with Gasteiger partial charge in [0.25, 0.3) is 5.91 Å². The van der Waals surface area contributed by atoms with Gasteiger partial charge in [0.05, 0.1) is 17.3 Å². The average Bonchev–Trinajstić information content (AvgIpc) is 3.51. The highest BCUT2D eigenvalue weighted by atomic mass is 16.3. The Morgan fingerprint density at radius 2 is 1.74 bits per heavy atom. The number of aryl methyl sites for hydroxylation is 1. The maximum Gasteiger partial charge on any atom is 0.286 e. The predicted octanol–water partition coefficient (Wildman–Crippen LogP) is 5.21. The minimum absolute atomic E-state index is 0.0382. The number of unbranched alkanes of at least 4 members (excludes halogenated alkanes) is 2. The van der Waals surface area contributed by atoms with Crippen LogP contribution in [-0.4, -0.2) is 34.0 Å². The largest absolute Gasteiger partial charge is 0.459 e. The van der Waals surface area contributed by atoms with E-state index in [1.807, 2.05) is 73.3 Å². The molecule has 35 heavy (non-hydrogen) atoms. The topological polar surface area (TPSA) is 80.4 Å². The highest BCUT2D eigenvalue weighted by Crippen LogP contribution is 2.21.